The third-order valence-electron chi connectivity index (χ3n) is 2.90. The number of hydrogen-bond acceptors (Lipinski definition) is 5. The van der Waals surface area contributed by atoms with Gasteiger partial charge < -0.3 is 5.32 Å². The van der Waals surface area contributed by atoms with E-state index in [2.05, 4.69) is 14.8 Å². The Hall–Kier alpha value is -0.000000000000000111. The van der Waals surface area contributed by atoms with Crippen LogP contribution < -0.4 is 14.8 Å². The molecule has 0 bridgehead atoms. The van der Waals surface area contributed by atoms with Crippen molar-refractivity contribution >= 4 is 72.1 Å². The van der Waals surface area contributed by atoms with Crippen LogP contribution in [0.4, 0.5) is 5.69 Å². The van der Waals surface area contributed by atoms with Crippen molar-refractivity contribution in [1.29, 1.82) is 0 Å². The van der Waals surface area contributed by atoms with Gasteiger partial charge >= 0.3 is 0 Å². The highest BCUT2D eigenvalue weighted by Crippen LogP contribution is 2.39. The van der Waals surface area contributed by atoms with Gasteiger partial charge in [0.1, 0.15) is 16.0 Å². The molecule has 7 nitrogen and oxygen atoms in total. The first kappa shape index (κ1) is 20.3. The Morgan fingerprint density at radius 1 is 1.25 bits per heavy atom. The zero-order chi connectivity index (χ0) is 18.5. The summed E-state index contributed by atoms with van der Waals surface area (Å²) < 4.78 is 51.8. The summed E-state index contributed by atoms with van der Waals surface area (Å²) in [5.74, 6) is 0. The van der Waals surface area contributed by atoms with Gasteiger partial charge in [0.05, 0.1) is 10.7 Å². The minimum absolute atomic E-state index is 0.0265. The Bertz CT molecular complexity index is 866. The molecule has 1 aromatic rings. The second-order valence-corrected chi connectivity index (χ2v) is 11.4. The largest absolute Gasteiger partial charge is 0.364 e. The summed E-state index contributed by atoms with van der Waals surface area (Å²) in [6, 6.07) is 1.71. The molecule has 0 fully saturated rings. The maximum Gasteiger partial charge on any atom is 0.244 e. The lowest BCUT2D eigenvalue weighted by Gasteiger charge is -2.32. The molecule has 0 radical (unpaired) electrons. The van der Waals surface area contributed by atoms with E-state index in [0.29, 0.717) is 0 Å². The number of rotatable bonds is 3. The third kappa shape index (κ3) is 4.21. The van der Waals surface area contributed by atoms with E-state index in [1.54, 1.807) is 13.8 Å². The fraction of sp³-hybridized carbons (Fsp3) is 0.455. The van der Waals surface area contributed by atoms with Crippen LogP contribution in [-0.2, 0) is 20.0 Å². The minimum Gasteiger partial charge on any atom is -0.364 e. The number of halogens is 4. The van der Waals surface area contributed by atoms with Crippen LogP contribution in [0, 0.1) is 0 Å². The smallest absolute Gasteiger partial charge is 0.244 e. The summed E-state index contributed by atoms with van der Waals surface area (Å²) in [5.41, 5.74) is 0.0265. The monoisotopic (exact) mass is 455 g/mol. The van der Waals surface area contributed by atoms with Crippen LogP contribution in [0.25, 0.3) is 0 Å². The van der Waals surface area contributed by atoms with E-state index in [1.165, 1.54) is 0 Å². The number of alkyl halides is 3. The van der Waals surface area contributed by atoms with Crippen molar-refractivity contribution < 1.29 is 16.8 Å². The molecule has 3 N–H and O–H groups in total. The maximum atomic E-state index is 12.4. The molecule has 0 aromatic heterocycles. The summed E-state index contributed by atoms with van der Waals surface area (Å²) in [5, 5.41) is 2.50. The fourth-order valence-corrected chi connectivity index (χ4v) is 5.76. The Balaban J connectivity index is 2.60. The first-order valence-electron chi connectivity index (χ1n) is 6.45. The van der Waals surface area contributed by atoms with Crippen LogP contribution in [-0.4, -0.2) is 32.8 Å². The first-order valence-corrected chi connectivity index (χ1v) is 10.9. The molecule has 1 aromatic carbocycles. The van der Waals surface area contributed by atoms with E-state index >= 15 is 0 Å². The lowest BCUT2D eigenvalue weighted by atomic mass is 10.3. The average Bonchev–Trinajstić information content (AvgIpc) is 2.33. The van der Waals surface area contributed by atoms with Gasteiger partial charge in [-0.3, -0.25) is 0 Å². The first-order chi connectivity index (χ1) is 10.7. The molecule has 1 aliphatic rings. The van der Waals surface area contributed by atoms with Crippen molar-refractivity contribution in [3.8, 4) is 0 Å². The van der Waals surface area contributed by atoms with Gasteiger partial charge in [0.15, 0.2) is 0 Å². The van der Waals surface area contributed by atoms with Crippen LogP contribution in [0.5, 0.6) is 0 Å². The van der Waals surface area contributed by atoms with Gasteiger partial charge in [-0.05, 0) is 26.0 Å². The van der Waals surface area contributed by atoms with Crippen LogP contribution in [0.1, 0.15) is 13.8 Å². The van der Waals surface area contributed by atoms with E-state index in [0.717, 1.165) is 12.1 Å². The van der Waals surface area contributed by atoms with Gasteiger partial charge in [-0.25, -0.2) is 21.6 Å². The molecule has 13 heteroatoms. The summed E-state index contributed by atoms with van der Waals surface area (Å²) in [7, 11) is -8.12. The molecule has 0 amide bonds. The lowest BCUT2D eigenvalue weighted by molar-refractivity contribution is 0.557. The van der Waals surface area contributed by atoms with E-state index in [4.69, 9.17) is 46.4 Å². The summed E-state index contributed by atoms with van der Waals surface area (Å²) in [4.78, 5) is -0.683. The molecule has 136 valence electrons. The van der Waals surface area contributed by atoms with E-state index in [-0.39, 0.29) is 20.5 Å². The van der Waals surface area contributed by atoms with Crippen LogP contribution in [0.2, 0.25) is 5.02 Å². The Morgan fingerprint density at radius 3 is 2.33 bits per heavy atom. The summed E-state index contributed by atoms with van der Waals surface area (Å²) >= 11 is 23.1. The zero-order valence-corrected chi connectivity index (χ0v) is 16.9. The molecule has 0 saturated heterocycles. The molecule has 0 aliphatic carbocycles. The number of benzene rings is 1. The molecule has 1 aliphatic heterocycles. The lowest BCUT2D eigenvalue weighted by Crippen LogP contribution is -2.52. The van der Waals surface area contributed by atoms with Gasteiger partial charge in [0.25, 0.3) is 0 Å². The van der Waals surface area contributed by atoms with Gasteiger partial charge in [0, 0.05) is 6.04 Å². The number of sulfonamides is 2. The quantitative estimate of drug-likeness (QED) is 0.606. The molecule has 1 heterocycles. The van der Waals surface area contributed by atoms with Gasteiger partial charge in [0.2, 0.25) is 23.8 Å². The third-order valence-corrected chi connectivity index (χ3v) is 7.14. The topological polar surface area (TPSA) is 104 Å². The van der Waals surface area contributed by atoms with Crippen molar-refractivity contribution in [2.75, 3.05) is 5.32 Å². The highest BCUT2D eigenvalue weighted by Gasteiger charge is 2.41. The molecule has 0 saturated carbocycles. The average molecular weight is 457 g/mol. The molecular formula is C11H13Cl4N3O4S2. The fourth-order valence-electron chi connectivity index (χ4n) is 2.00. The van der Waals surface area contributed by atoms with Crippen molar-refractivity contribution in [1.82, 2.24) is 9.44 Å². The molecular weight excluding hydrogens is 444 g/mol. The van der Waals surface area contributed by atoms with Crippen LogP contribution >= 0.6 is 46.4 Å². The van der Waals surface area contributed by atoms with E-state index in [9.17, 15) is 16.8 Å². The van der Waals surface area contributed by atoms with E-state index in [1.807, 2.05) is 0 Å². The second-order valence-electron chi connectivity index (χ2n) is 5.30. The Labute approximate surface area is 160 Å². The van der Waals surface area contributed by atoms with Crippen molar-refractivity contribution in [2.24, 2.45) is 0 Å². The number of nitrogens with one attached hydrogen (secondary N) is 3. The van der Waals surface area contributed by atoms with E-state index < -0.39 is 36.0 Å². The van der Waals surface area contributed by atoms with Gasteiger partial charge in [-0.1, -0.05) is 46.4 Å². The van der Waals surface area contributed by atoms with Crippen molar-refractivity contribution in [3.05, 3.63) is 17.2 Å². The SMILES string of the molecule is CC(C)NS(=O)(=O)c1cc2c(cc1Cl)NC(C(Cl)(Cl)Cl)NS2(=O)=O. The standard InChI is InChI=1S/C11H13Cl4N3O4S2/c1-5(2)17-23(19,20)8-4-9-7(3-6(8)12)16-10(11(13,14)15)18-24(9,21)22/h3-5,10,16-18H,1-2H3. The zero-order valence-electron chi connectivity index (χ0n) is 12.3. The number of fused-ring (bicyclic) bond motifs is 1. The highest BCUT2D eigenvalue weighted by molar-refractivity contribution is 7.90. The Kier molecular flexibility index (Phi) is 5.61. The Morgan fingerprint density at radius 2 is 1.83 bits per heavy atom. The predicted molar refractivity (Wildman–Crippen MR) is 94.9 cm³/mol. The van der Waals surface area contributed by atoms with Crippen LogP contribution in [0.15, 0.2) is 21.9 Å². The molecule has 1 unspecified atom stereocenters. The van der Waals surface area contributed by atoms with Crippen molar-refractivity contribution in [2.45, 2.75) is 39.6 Å². The van der Waals surface area contributed by atoms with Gasteiger partial charge in [-0.15, -0.1) is 0 Å². The predicted octanol–water partition coefficient (Wildman–Crippen LogP) is 2.43. The molecule has 1 atom stereocenters. The second kappa shape index (κ2) is 6.62. The maximum absolute atomic E-state index is 12.4. The molecule has 0 spiro atoms. The minimum atomic E-state index is -4.12. The number of hydrogen-bond donors (Lipinski definition) is 3. The summed E-state index contributed by atoms with van der Waals surface area (Å²) in [6.07, 6.45) is -1.24. The number of anilines is 1. The highest BCUT2D eigenvalue weighted by atomic mass is 35.6. The van der Waals surface area contributed by atoms with Crippen LogP contribution in [0.3, 0.4) is 0 Å². The normalized spacial score (nSPS) is 20.5. The van der Waals surface area contributed by atoms with Crippen molar-refractivity contribution in [3.63, 3.8) is 0 Å². The molecule has 2 rings (SSSR count). The van der Waals surface area contributed by atoms with Gasteiger partial charge in [-0.2, -0.15) is 4.72 Å². The molecule has 24 heavy (non-hydrogen) atoms. The summed E-state index contributed by atoms with van der Waals surface area (Å²) in [6.45, 7) is 3.24.